The van der Waals surface area contributed by atoms with E-state index >= 15 is 0 Å². The van der Waals surface area contributed by atoms with E-state index in [1.54, 1.807) is 11.3 Å². The summed E-state index contributed by atoms with van der Waals surface area (Å²) in [6, 6.07) is 11.8. The maximum absolute atomic E-state index is 11.2. The van der Waals surface area contributed by atoms with Gasteiger partial charge in [0.1, 0.15) is 0 Å². The lowest BCUT2D eigenvalue weighted by Crippen LogP contribution is -2.43. The third-order valence-corrected chi connectivity index (χ3v) is 5.27. The standard InChI is InChI=1S/C20H28N4O2S/c1-5-21-18(23-14-20(2,3)17-7-6-12-27-17)22-13-15-8-10-16(11-9-15)24-19(25)26-4/h6-12H,5,13-14H2,1-4H3,(H,24,25)(H2,21,22,23). The summed E-state index contributed by atoms with van der Waals surface area (Å²) < 4.78 is 4.58. The van der Waals surface area contributed by atoms with Crippen LogP contribution in [0.25, 0.3) is 0 Å². The molecule has 1 aromatic carbocycles. The van der Waals surface area contributed by atoms with Crippen LogP contribution in [0.5, 0.6) is 0 Å². The smallest absolute Gasteiger partial charge is 0.411 e. The van der Waals surface area contributed by atoms with Crippen molar-refractivity contribution in [1.29, 1.82) is 0 Å². The highest BCUT2D eigenvalue weighted by Crippen LogP contribution is 2.26. The van der Waals surface area contributed by atoms with Crippen LogP contribution < -0.4 is 16.0 Å². The molecule has 27 heavy (non-hydrogen) atoms. The molecule has 0 bridgehead atoms. The third-order valence-electron chi connectivity index (χ3n) is 4.04. The molecule has 146 valence electrons. The van der Waals surface area contributed by atoms with Gasteiger partial charge in [-0.25, -0.2) is 9.79 Å². The summed E-state index contributed by atoms with van der Waals surface area (Å²) in [5.41, 5.74) is 1.78. The van der Waals surface area contributed by atoms with Crippen LogP contribution in [-0.2, 0) is 16.7 Å². The van der Waals surface area contributed by atoms with Gasteiger partial charge in [0.25, 0.3) is 0 Å². The summed E-state index contributed by atoms with van der Waals surface area (Å²) in [5, 5.41) is 11.5. The average Bonchev–Trinajstić information content (AvgIpc) is 3.21. The Hall–Kier alpha value is -2.54. The molecule has 0 spiro atoms. The van der Waals surface area contributed by atoms with Crippen molar-refractivity contribution in [3.63, 3.8) is 0 Å². The number of rotatable bonds is 7. The van der Waals surface area contributed by atoms with Gasteiger partial charge in [-0.15, -0.1) is 11.3 Å². The lowest BCUT2D eigenvalue weighted by Gasteiger charge is -2.25. The maximum Gasteiger partial charge on any atom is 0.411 e. The molecular formula is C20H28N4O2S. The fourth-order valence-electron chi connectivity index (χ4n) is 2.43. The van der Waals surface area contributed by atoms with Crippen molar-refractivity contribution in [2.75, 3.05) is 25.5 Å². The Bertz CT molecular complexity index is 740. The number of nitrogens with one attached hydrogen (secondary N) is 3. The van der Waals surface area contributed by atoms with Gasteiger partial charge in [0.05, 0.1) is 13.7 Å². The molecule has 2 rings (SSSR count). The molecule has 2 aromatic rings. The number of amides is 1. The van der Waals surface area contributed by atoms with Gasteiger partial charge in [0.2, 0.25) is 0 Å². The van der Waals surface area contributed by atoms with E-state index in [0.29, 0.717) is 12.2 Å². The normalized spacial score (nSPS) is 11.8. The molecule has 1 aromatic heterocycles. The summed E-state index contributed by atoms with van der Waals surface area (Å²) in [7, 11) is 1.34. The van der Waals surface area contributed by atoms with E-state index < -0.39 is 6.09 Å². The zero-order valence-electron chi connectivity index (χ0n) is 16.3. The minimum Gasteiger partial charge on any atom is -0.453 e. The molecule has 0 aliphatic rings. The van der Waals surface area contributed by atoms with Crippen LogP contribution in [0.4, 0.5) is 10.5 Å². The fourth-order valence-corrected chi connectivity index (χ4v) is 3.28. The molecule has 0 saturated carbocycles. The van der Waals surface area contributed by atoms with Gasteiger partial charge in [-0.05, 0) is 36.1 Å². The molecule has 0 aliphatic heterocycles. The number of carbonyl (C=O) groups excluding carboxylic acids is 1. The Balaban J connectivity index is 1.95. The van der Waals surface area contributed by atoms with Crippen LogP contribution in [-0.4, -0.2) is 32.3 Å². The number of methoxy groups -OCH3 is 1. The van der Waals surface area contributed by atoms with E-state index in [9.17, 15) is 4.79 Å². The van der Waals surface area contributed by atoms with E-state index in [2.05, 4.69) is 64.0 Å². The van der Waals surface area contributed by atoms with Gasteiger partial charge in [-0.3, -0.25) is 5.32 Å². The van der Waals surface area contributed by atoms with Gasteiger partial charge in [-0.2, -0.15) is 0 Å². The Labute approximate surface area is 165 Å². The number of hydrogen-bond acceptors (Lipinski definition) is 4. The first-order valence-electron chi connectivity index (χ1n) is 8.94. The molecule has 0 radical (unpaired) electrons. The summed E-state index contributed by atoms with van der Waals surface area (Å²) in [5.74, 6) is 0.791. The largest absolute Gasteiger partial charge is 0.453 e. The predicted molar refractivity (Wildman–Crippen MR) is 113 cm³/mol. The highest BCUT2D eigenvalue weighted by Gasteiger charge is 2.21. The van der Waals surface area contributed by atoms with Crippen LogP contribution in [0.3, 0.4) is 0 Å². The van der Waals surface area contributed by atoms with Crippen LogP contribution >= 0.6 is 11.3 Å². The van der Waals surface area contributed by atoms with Crippen molar-refractivity contribution in [3.05, 3.63) is 52.2 Å². The van der Waals surface area contributed by atoms with E-state index in [4.69, 9.17) is 0 Å². The average molecular weight is 389 g/mol. The van der Waals surface area contributed by atoms with E-state index in [1.165, 1.54) is 12.0 Å². The van der Waals surface area contributed by atoms with Crippen LogP contribution in [0.15, 0.2) is 46.8 Å². The number of nitrogens with zero attached hydrogens (tertiary/aromatic N) is 1. The van der Waals surface area contributed by atoms with Crippen LogP contribution in [0.1, 0.15) is 31.2 Å². The molecule has 6 nitrogen and oxygen atoms in total. The van der Waals surface area contributed by atoms with Crippen molar-refractivity contribution in [3.8, 4) is 0 Å². The van der Waals surface area contributed by atoms with Gasteiger partial charge in [0.15, 0.2) is 5.96 Å². The quantitative estimate of drug-likeness (QED) is 0.496. The number of aliphatic imine (C=N–C) groups is 1. The Kier molecular flexibility index (Phi) is 7.67. The van der Waals surface area contributed by atoms with Gasteiger partial charge in [-0.1, -0.05) is 32.0 Å². The van der Waals surface area contributed by atoms with E-state index in [1.807, 2.05) is 24.3 Å². The number of hydrogen-bond donors (Lipinski definition) is 3. The molecule has 0 atom stereocenters. The fraction of sp³-hybridized carbons (Fsp3) is 0.400. The minimum atomic E-state index is -0.479. The predicted octanol–water partition coefficient (Wildman–Crippen LogP) is 3.96. The van der Waals surface area contributed by atoms with Crippen molar-refractivity contribution in [2.24, 2.45) is 4.99 Å². The second-order valence-corrected chi connectivity index (χ2v) is 7.67. The topological polar surface area (TPSA) is 74.8 Å². The molecular weight excluding hydrogens is 360 g/mol. The van der Waals surface area contributed by atoms with Gasteiger partial charge in [0, 0.05) is 29.1 Å². The van der Waals surface area contributed by atoms with Gasteiger partial charge >= 0.3 is 6.09 Å². The molecule has 0 fully saturated rings. The number of guanidine groups is 1. The van der Waals surface area contributed by atoms with Gasteiger partial charge < -0.3 is 15.4 Å². The molecule has 0 aliphatic carbocycles. The second kappa shape index (κ2) is 9.97. The number of benzene rings is 1. The van der Waals surface area contributed by atoms with Crippen molar-refractivity contribution in [1.82, 2.24) is 10.6 Å². The van der Waals surface area contributed by atoms with Crippen LogP contribution in [0.2, 0.25) is 0 Å². The van der Waals surface area contributed by atoms with E-state index in [0.717, 1.165) is 24.6 Å². The molecule has 7 heteroatoms. The summed E-state index contributed by atoms with van der Waals surface area (Å²) in [6.07, 6.45) is -0.479. The number of ether oxygens (including phenoxy) is 1. The highest BCUT2D eigenvalue weighted by molar-refractivity contribution is 7.10. The van der Waals surface area contributed by atoms with Crippen molar-refractivity contribution >= 4 is 29.1 Å². The summed E-state index contributed by atoms with van der Waals surface area (Å²) in [4.78, 5) is 17.2. The first kappa shape index (κ1) is 20.8. The number of anilines is 1. The number of thiophene rings is 1. The van der Waals surface area contributed by atoms with Crippen LogP contribution in [0, 0.1) is 0 Å². The Morgan fingerprint density at radius 2 is 1.93 bits per heavy atom. The zero-order valence-corrected chi connectivity index (χ0v) is 17.2. The first-order valence-corrected chi connectivity index (χ1v) is 9.82. The first-order chi connectivity index (χ1) is 12.9. The monoisotopic (exact) mass is 388 g/mol. The summed E-state index contributed by atoms with van der Waals surface area (Å²) in [6.45, 7) is 8.64. The molecule has 0 unspecified atom stereocenters. The Morgan fingerprint density at radius 3 is 2.52 bits per heavy atom. The summed E-state index contributed by atoms with van der Waals surface area (Å²) >= 11 is 1.77. The zero-order chi connectivity index (χ0) is 19.7. The molecule has 1 heterocycles. The second-order valence-electron chi connectivity index (χ2n) is 6.72. The highest BCUT2D eigenvalue weighted by atomic mass is 32.1. The maximum atomic E-state index is 11.2. The molecule has 1 amide bonds. The lowest BCUT2D eigenvalue weighted by atomic mass is 9.91. The third kappa shape index (κ3) is 6.60. The SMILES string of the molecule is CCNC(=NCc1ccc(NC(=O)OC)cc1)NCC(C)(C)c1cccs1. The Morgan fingerprint density at radius 1 is 1.19 bits per heavy atom. The van der Waals surface area contributed by atoms with Crippen molar-refractivity contribution < 1.29 is 9.53 Å². The van der Waals surface area contributed by atoms with Crippen molar-refractivity contribution in [2.45, 2.75) is 32.7 Å². The molecule has 0 saturated heterocycles. The number of carbonyl (C=O) groups is 1. The minimum absolute atomic E-state index is 0.0333. The lowest BCUT2D eigenvalue weighted by molar-refractivity contribution is 0.187. The molecule has 3 N–H and O–H groups in total. The van der Waals surface area contributed by atoms with E-state index in [-0.39, 0.29) is 5.41 Å².